The van der Waals surface area contributed by atoms with E-state index in [4.69, 9.17) is 4.74 Å². The quantitative estimate of drug-likeness (QED) is 0.343. The Labute approximate surface area is 194 Å². The Morgan fingerprint density at radius 3 is 2.59 bits per heavy atom. The van der Waals surface area contributed by atoms with E-state index in [1.165, 1.54) is 11.3 Å². The van der Waals surface area contributed by atoms with Gasteiger partial charge < -0.3 is 19.6 Å². The van der Waals surface area contributed by atoms with Gasteiger partial charge in [0.15, 0.2) is 0 Å². The van der Waals surface area contributed by atoms with Gasteiger partial charge in [0.05, 0.1) is 18.2 Å². The number of carbonyl (C=O) groups is 2. The Morgan fingerprint density at radius 2 is 2.00 bits per heavy atom. The van der Waals surface area contributed by atoms with E-state index in [0.29, 0.717) is 30.4 Å². The van der Waals surface area contributed by atoms with Gasteiger partial charge in [0.2, 0.25) is 0 Å². The van der Waals surface area contributed by atoms with E-state index in [0.717, 1.165) is 23.4 Å². The number of hydrogen-bond donors (Lipinski definition) is 1. The van der Waals surface area contributed by atoms with E-state index in [2.05, 4.69) is 13.8 Å². The van der Waals surface area contributed by atoms with Gasteiger partial charge in [-0.2, -0.15) is 0 Å². The number of benzene rings is 1. The molecule has 1 aliphatic rings. The van der Waals surface area contributed by atoms with E-state index in [9.17, 15) is 14.7 Å². The van der Waals surface area contributed by atoms with Crippen LogP contribution in [-0.2, 0) is 9.59 Å². The lowest BCUT2D eigenvalue weighted by atomic mass is 9.97. The van der Waals surface area contributed by atoms with Crippen molar-refractivity contribution in [3.05, 3.63) is 57.3 Å². The molecule has 1 fully saturated rings. The summed E-state index contributed by atoms with van der Waals surface area (Å²) < 4.78 is 5.78. The number of aliphatic hydroxyl groups excluding tert-OH is 1. The third-order valence-electron chi connectivity index (χ3n) is 5.39. The second-order valence-corrected chi connectivity index (χ2v) is 9.83. The Morgan fingerprint density at radius 1 is 1.25 bits per heavy atom. The fourth-order valence-electron chi connectivity index (χ4n) is 3.81. The minimum absolute atomic E-state index is 0.134. The van der Waals surface area contributed by atoms with Crippen LogP contribution in [-0.4, -0.2) is 60.4 Å². The highest BCUT2D eigenvalue weighted by Crippen LogP contribution is 2.41. The molecule has 2 aromatic rings. The molecule has 1 aliphatic heterocycles. The highest BCUT2D eigenvalue weighted by atomic mass is 32.1. The van der Waals surface area contributed by atoms with Crippen LogP contribution in [0.3, 0.4) is 0 Å². The Kier molecular flexibility index (Phi) is 7.74. The normalized spacial score (nSPS) is 18.2. The number of hydrogen-bond acceptors (Lipinski definition) is 6. The van der Waals surface area contributed by atoms with Crippen molar-refractivity contribution in [2.24, 2.45) is 5.92 Å². The molecule has 0 radical (unpaired) electrons. The van der Waals surface area contributed by atoms with Crippen LogP contribution in [0.2, 0.25) is 0 Å². The molecule has 3 rings (SSSR count). The van der Waals surface area contributed by atoms with Crippen molar-refractivity contribution in [1.82, 2.24) is 9.80 Å². The van der Waals surface area contributed by atoms with E-state index < -0.39 is 17.7 Å². The lowest BCUT2D eigenvalue weighted by Gasteiger charge is -2.24. The number of likely N-dealkylation sites (tertiary alicyclic amines) is 1. The monoisotopic (exact) mass is 456 g/mol. The number of aryl methyl sites for hydroxylation is 1. The fourth-order valence-corrected chi connectivity index (χ4v) is 4.66. The van der Waals surface area contributed by atoms with Crippen LogP contribution in [0.4, 0.5) is 0 Å². The van der Waals surface area contributed by atoms with Gasteiger partial charge in [0.1, 0.15) is 11.5 Å². The Hall–Kier alpha value is -2.64. The van der Waals surface area contributed by atoms with Crippen LogP contribution in [0.25, 0.3) is 5.76 Å². The van der Waals surface area contributed by atoms with Crippen molar-refractivity contribution in [2.45, 2.75) is 33.2 Å². The molecule has 0 bridgehead atoms. The number of rotatable bonds is 9. The maximum absolute atomic E-state index is 13.0. The zero-order chi connectivity index (χ0) is 23.4. The van der Waals surface area contributed by atoms with Crippen LogP contribution in [0.15, 0.2) is 41.3 Å². The number of carbonyl (C=O) groups excluding carboxylic acids is 2. The molecule has 0 unspecified atom stereocenters. The SMILES string of the molecule is Cc1cc(OCC(C)C)ccc1C(O)=C1C(=O)C(=O)N(CCCN(C)C)[C@@H]1c1cccs1. The molecule has 32 heavy (non-hydrogen) atoms. The van der Waals surface area contributed by atoms with E-state index in [1.807, 2.05) is 49.5 Å². The van der Waals surface area contributed by atoms with Crippen molar-refractivity contribution < 1.29 is 19.4 Å². The summed E-state index contributed by atoms with van der Waals surface area (Å²) in [7, 11) is 3.95. The minimum Gasteiger partial charge on any atom is -0.507 e. The highest BCUT2D eigenvalue weighted by Gasteiger charge is 2.46. The standard InChI is InChI=1S/C25H32N2O4S/c1-16(2)15-31-18-9-10-19(17(3)14-18)23(28)21-22(20-8-6-13-32-20)27(25(30)24(21)29)12-7-11-26(4)5/h6,8-10,13-14,16,22,28H,7,11-12,15H2,1-5H3/t22-/m1/s1. The van der Waals surface area contributed by atoms with Gasteiger partial charge >= 0.3 is 0 Å². The number of aliphatic hydroxyl groups is 1. The van der Waals surface area contributed by atoms with Gasteiger partial charge in [-0.25, -0.2) is 0 Å². The number of thiophene rings is 1. The van der Waals surface area contributed by atoms with Gasteiger partial charge in [0, 0.05) is 17.0 Å². The Balaban J connectivity index is 1.99. The fraction of sp³-hybridized carbons (Fsp3) is 0.440. The lowest BCUT2D eigenvalue weighted by Crippen LogP contribution is -2.32. The summed E-state index contributed by atoms with van der Waals surface area (Å²) in [5, 5.41) is 13.2. The molecule has 1 aromatic carbocycles. The zero-order valence-electron chi connectivity index (χ0n) is 19.4. The molecule has 0 aliphatic carbocycles. The maximum Gasteiger partial charge on any atom is 0.295 e. The molecular formula is C25H32N2O4S. The van der Waals surface area contributed by atoms with Crippen LogP contribution < -0.4 is 4.74 Å². The van der Waals surface area contributed by atoms with Gasteiger partial charge in [0.25, 0.3) is 11.7 Å². The second-order valence-electron chi connectivity index (χ2n) is 8.85. The largest absolute Gasteiger partial charge is 0.507 e. The summed E-state index contributed by atoms with van der Waals surface area (Å²) in [6.07, 6.45) is 0.739. The van der Waals surface area contributed by atoms with E-state index in [-0.39, 0.29) is 11.3 Å². The first kappa shape index (κ1) is 24.0. The summed E-state index contributed by atoms with van der Waals surface area (Å²) in [4.78, 5) is 30.5. The van der Waals surface area contributed by atoms with Crippen molar-refractivity contribution in [3.8, 4) is 5.75 Å². The molecule has 172 valence electrons. The number of nitrogens with zero attached hydrogens (tertiary/aromatic N) is 2. The van der Waals surface area contributed by atoms with Crippen molar-refractivity contribution >= 4 is 28.8 Å². The van der Waals surface area contributed by atoms with E-state index in [1.54, 1.807) is 17.0 Å². The van der Waals surface area contributed by atoms with E-state index >= 15 is 0 Å². The third-order valence-corrected chi connectivity index (χ3v) is 6.32. The molecule has 1 aromatic heterocycles. The summed E-state index contributed by atoms with van der Waals surface area (Å²) >= 11 is 1.48. The maximum atomic E-state index is 13.0. The summed E-state index contributed by atoms with van der Waals surface area (Å²) in [5.74, 6) is -0.211. The molecule has 1 atom stereocenters. The summed E-state index contributed by atoms with van der Waals surface area (Å²) in [6, 6.07) is 8.62. The molecule has 0 spiro atoms. The smallest absolute Gasteiger partial charge is 0.295 e. The molecule has 1 saturated heterocycles. The summed E-state index contributed by atoms with van der Waals surface area (Å²) in [6.45, 7) is 7.87. The first-order chi connectivity index (χ1) is 15.2. The van der Waals surface area contributed by atoms with Gasteiger partial charge in [-0.05, 0) is 75.1 Å². The predicted molar refractivity (Wildman–Crippen MR) is 128 cm³/mol. The van der Waals surface area contributed by atoms with Crippen LogP contribution in [0.1, 0.15) is 42.3 Å². The molecule has 1 amide bonds. The van der Waals surface area contributed by atoms with Gasteiger partial charge in [-0.1, -0.05) is 19.9 Å². The van der Waals surface area contributed by atoms with Gasteiger partial charge in [-0.15, -0.1) is 11.3 Å². The number of amides is 1. The molecular weight excluding hydrogens is 424 g/mol. The average Bonchev–Trinajstić information content (AvgIpc) is 3.34. The molecule has 6 nitrogen and oxygen atoms in total. The number of ketones is 1. The van der Waals surface area contributed by atoms with Crippen LogP contribution in [0.5, 0.6) is 5.75 Å². The molecule has 1 N–H and O–H groups in total. The first-order valence-corrected chi connectivity index (χ1v) is 11.8. The first-order valence-electron chi connectivity index (χ1n) is 10.9. The highest BCUT2D eigenvalue weighted by molar-refractivity contribution is 7.10. The third kappa shape index (κ3) is 5.22. The second kappa shape index (κ2) is 10.3. The van der Waals surface area contributed by atoms with Crippen molar-refractivity contribution in [3.63, 3.8) is 0 Å². The zero-order valence-corrected chi connectivity index (χ0v) is 20.2. The Bertz CT molecular complexity index is 995. The summed E-state index contributed by atoms with van der Waals surface area (Å²) in [5.41, 5.74) is 1.48. The average molecular weight is 457 g/mol. The van der Waals surface area contributed by atoms with Gasteiger partial charge in [-0.3, -0.25) is 9.59 Å². The lowest BCUT2D eigenvalue weighted by molar-refractivity contribution is -0.139. The van der Waals surface area contributed by atoms with Crippen LogP contribution in [0, 0.1) is 12.8 Å². The van der Waals surface area contributed by atoms with Crippen LogP contribution >= 0.6 is 11.3 Å². The molecule has 2 heterocycles. The number of ether oxygens (including phenoxy) is 1. The molecule has 0 saturated carbocycles. The van der Waals surface area contributed by atoms with Crippen molar-refractivity contribution in [2.75, 3.05) is 33.8 Å². The topological polar surface area (TPSA) is 70.1 Å². The van der Waals surface area contributed by atoms with Crippen molar-refractivity contribution in [1.29, 1.82) is 0 Å². The number of Topliss-reactive ketones (excluding diaryl/α,β-unsaturated/α-hetero) is 1. The molecule has 7 heteroatoms. The minimum atomic E-state index is -0.634. The predicted octanol–water partition coefficient (Wildman–Crippen LogP) is 4.46.